The highest BCUT2D eigenvalue weighted by molar-refractivity contribution is 5.94. The summed E-state index contributed by atoms with van der Waals surface area (Å²) in [5, 5.41) is 20.2. The molecular weight excluding hydrogens is 332 g/mol. The molecule has 3 rings (SSSR count). The molecule has 0 radical (unpaired) electrons. The number of nitro benzene ring substituents is 1. The summed E-state index contributed by atoms with van der Waals surface area (Å²) in [6.45, 7) is 4.20. The van der Waals surface area contributed by atoms with Gasteiger partial charge in [-0.1, -0.05) is 17.7 Å². The molecule has 0 bridgehead atoms. The molecule has 1 aliphatic heterocycles. The van der Waals surface area contributed by atoms with Gasteiger partial charge in [-0.3, -0.25) is 14.9 Å². The maximum Gasteiger partial charge on any atom is 0.270 e. The van der Waals surface area contributed by atoms with Crippen molar-refractivity contribution >= 4 is 17.3 Å². The van der Waals surface area contributed by atoms with Crippen molar-refractivity contribution in [2.45, 2.75) is 6.92 Å². The van der Waals surface area contributed by atoms with Crippen molar-refractivity contribution in [3.8, 4) is 6.07 Å². The Morgan fingerprint density at radius 3 is 2.35 bits per heavy atom. The number of carbonyl (C=O) groups excluding carboxylic acids is 1. The van der Waals surface area contributed by atoms with E-state index in [0.29, 0.717) is 37.4 Å². The highest BCUT2D eigenvalue weighted by Crippen LogP contribution is 2.26. The number of aryl methyl sites for hydroxylation is 1. The molecule has 7 nitrogen and oxygen atoms in total. The van der Waals surface area contributed by atoms with Crippen molar-refractivity contribution in [2.24, 2.45) is 0 Å². The van der Waals surface area contributed by atoms with Crippen LogP contribution in [0.2, 0.25) is 0 Å². The minimum absolute atomic E-state index is 0.00569. The number of carbonyl (C=O) groups is 1. The Bertz CT molecular complexity index is 879. The molecule has 0 aromatic heterocycles. The van der Waals surface area contributed by atoms with Crippen LogP contribution in [-0.4, -0.2) is 41.9 Å². The summed E-state index contributed by atoms with van der Waals surface area (Å²) >= 11 is 0. The van der Waals surface area contributed by atoms with Gasteiger partial charge >= 0.3 is 0 Å². The highest BCUT2D eigenvalue weighted by atomic mass is 16.6. The zero-order valence-electron chi connectivity index (χ0n) is 14.4. The summed E-state index contributed by atoms with van der Waals surface area (Å²) < 4.78 is 0. The van der Waals surface area contributed by atoms with Crippen LogP contribution in [0.4, 0.5) is 11.4 Å². The van der Waals surface area contributed by atoms with Crippen LogP contribution in [0.3, 0.4) is 0 Å². The largest absolute Gasteiger partial charge is 0.367 e. The summed E-state index contributed by atoms with van der Waals surface area (Å²) in [4.78, 5) is 26.7. The van der Waals surface area contributed by atoms with Crippen molar-refractivity contribution in [1.82, 2.24) is 4.90 Å². The molecule has 7 heteroatoms. The Balaban J connectivity index is 1.70. The molecule has 2 aromatic rings. The van der Waals surface area contributed by atoms with E-state index in [-0.39, 0.29) is 17.2 Å². The van der Waals surface area contributed by atoms with Crippen LogP contribution in [0, 0.1) is 28.4 Å². The number of amides is 1. The number of anilines is 1. The van der Waals surface area contributed by atoms with Gasteiger partial charge < -0.3 is 9.80 Å². The highest BCUT2D eigenvalue weighted by Gasteiger charge is 2.24. The Morgan fingerprint density at radius 2 is 1.77 bits per heavy atom. The first-order chi connectivity index (χ1) is 12.5. The molecule has 2 aromatic carbocycles. The smallest absolute Gasteiger partial charge is 0.270 e. The molecule has 1 saturated heterocycles. The average Bonchev–Trinajstić information content (AvgIpc) is 2.67. The molecule has 0 saturated carbocycles. The van der Waals surface area contributed by atoms with Gasteiger partial charge in [-0.05, 0) is 25.1 Å². The first kappa shape index (κ1) is 17.4. The van der Waals surface area contributed by atoms with Crippen molar-refractivity contribution in [3.05, 3.63) is 69.3 Å². The molecule has 0 spiro atoms. The third kappa shape index (κ3) is 3.49. The Morgan fingerprint density at radius 1 is 1.12 bits per heavy atom. The predicted molar refractivity (Wildman–Crippen MR) is 97.1 cm³/mol. The Hall–Kier alpha value is -3.40. The summed E-state index contributed by atoms with van der Waals surface area (Å²) in [6, 6.07) is 13.8. The van der Waals surface area contributed by atoms with Gasteiger partial charge in [-0.25, -0.2) is 0 Å². The van der Waals surface area contributed by atoms with Crippen LogP contribution in [0.25, 0.3) is 0 Å². The van der Waals surface area contributed by atoms with E-state index in [1.807, 2.05) is 42.2 Å². The number of nitriles is 1. The molecule has 1 fully saturated rings. The normalized spacial score (nSPS) is 14.0. The number of benzene rings is 2. The quantitative estimate of drug-likeness (QED) is 0.627. The van der Waals surface area contributed by atoms with E-state index in [1.165, 1.54) is 12.1 Å². The molecule has 0 aliphatic carbocycles. The lowest BCUT2D eigenvalue weighted by Gasteiger charge is -2.36. The number of piperazine rings is 1. The van der Waals surface area contributed by atoms with Crippen molar-refractivity contribution in [2.75, 3.05) is 31.1 Å². The first-order valence-corrected chi connectivity index (χ1v) is 8.29. The van der Waals surface area contributed by atoms with Crippen LogP contribution < -0.4 is 4.90 Å². The minimum atomic E-state index is -0.511. The van der Waals surface area contributed by atoms with E-state index in [4.69, 9.17) is 0 Å². The maximum atomic E-state index is 12.6. The van der Waals surface area contributed by atoms with Gasteiger partial charge in [-0.15, -0.1) is 0 Å². The van der Waals surface area contributed by atoms with Gasteiger partial charge in [0.15, 0.2) is 0 Å². The number of hydrogen-bond acceptors (Lipinski definition) is 5. The van der Waals surface area contributed by atoms with Gasteiger partial charge in [0.2, 0.25) is 0 Å². The minimum Gasteiger partial charge on any atom is -0.367 e. The Kier molecular flexibility index (Phi) is 4.85. The van der Waals surface area contributed by atoms with Gasteiger partial charge in [-0.2, -0.15) is 5.26 Å². The fourth-order valence-corrected chi connectivity index (χ4v) is 3.03. The summed E-state index contributed by atoms with van der Waals surface area (Å²) in [5.74, 6) is -0.00569. The average molecular weight is 350 g/mol. The molecule has 132 valence electrons. The van der Waals surface area contributed by atoms with Gasteiger partial charge in [0.25, 0.3) is 11.6 Å². The second-order valence-corrected chi connectivity index (χ2v) is 6.22. The lowest BCUT2D eigenvalue weighted by Crippen LogP contribution is -2.49. The molecule has 1 aliphatic rings. The van der Waals surface area contributed by atoms with Crippen LogP contribution in [-0.2, 0) is 0 Å². The summed E-state index contributed by atoms with van der Waals surface area (Å²) in [6.07, 6.45) is 0. The zero-order chi connectivity index (χ0) is 18.7. The third-order valence-electron chi connectivity index (χ3n) is 4.52. The second-order valence-electron chi connectivity index (χ2n) is 6.22. The maximum absolute atomic E-state index is 12.6. The molecule has 1 heterocycles. The monoisotopic (exact) mass is 350 g/mol. The first-order valence-electron chi connectivity index (χ1n) is 8.29. The molecule has 0 unspecified atom stereocenters. The Labute approximate surface area is 151 Å². The zero-order valence-corrected chi connectivity index (χ0v) is 14.4. The van der Waals surface area contributed by atoms with E-state index in [2.05, 4.69) is 0 Å². The van der Waals surface area contributed by atoms with E-state index < -0.39 is 4.92 Å². The number of rotatable bonds is 3. The van der Waals surface area contributed by atoms with Gasteiger partial charge in [0.05, 0.1) is 16.2 Å². The molecule has 0 atom stereocenters. The van der Waals surface area contributed by atoms with E-state index in [0.717, 1.165) is 5.56 Å². The van der Waals surface area contributed by atoms with E-state index >= 15 is 0 Å². The molecular formula is C19H18N4O3. The van der Waals surface area contributed by atoms with Crippen molar-refractivity contribution < 1.29 is 9.72 Å². The summed E-state index contributed by atoms with van der Waals surface area (Å²) in [5.41, 5.74) is 2.61. The van der Waals surface area contributed by atoms with Crippen LogP contribution >= 0.6 is 0 Å². The molecule has 26 heavy (non-hydrogen) atoms. The van der Waals surface area contributed by atoms with Gasteiger partial charge in [0.1, 0.15) is 6.07 Å². The fourth-order valence-electron chi connectivity index (χ4n) is 3.03. The van der Waals surface area contributed by atoms with Gasteiger partial charge in [0, 0.05) is 43.9 Å². The number of nitro groups is 1. The van der Waals surface area contributed by atoms with E-state index in [1.54, 1.807) is 11.0 Å². The number of hydrogen-bond donors (Lipinski definition) is 0. The SMILES string of the molecule is Cc1ccc(C(=O)N2CCN(c3ccc([N+](=O)[O-])cc3C#N)CC2)cc1. The van der Waals surface area contributed by atoms with Crippen LogP contribution in [0.1, 0.15) is 21.5 Å². The molecule has 1 amide bonds. The molecule has 0 N–H and O–H groups in total. The standard InChI is InChI=1S/C19H18N4O3/c1-14-2-4-15(5-3-14)19(24)22-10-8-21(9-11-22)18-7-6-17(23(25)26)12-16(18)13-20/h2-7,12H,8-11H2,1H3. The van der Waals surface area contributed by atoms with Crippen molar-refractivity contribution in [1.29, 1.82) is 5.26 Å². The number of nitrogens with zero attached hydrogens (tertiary/aromatic N) is 4. The second kappa shape index (κ2) is 7.23. The van der Waals surface area contributed by atoms with Crippen LogP contribution in [0.5, 0.6) is 0 Å². The lowest BCUT2D eigenvalue weighted by molar-refractivity contribution is -0.384. The van der Waals surface area contributed by atoms with Crippen molar-refractivity contribution in [3.63, 3.8) is 0 Å². The fraction of sp³-hybridized carbons (Fsp3) is 0.263. The number of non-ortho nitro benzene ring substituents is 1. The predicted octanol–water partition coefficient (Wildman–Crippen LogP) is 2.74. The summed E-state index contributed by atoms with van der Waals surface area (Å²) in [7, 11) is 0. The lowest BCUT2D eigenvalue weighted by atomic mass is 10.1. The van der Waals surface area contributed by atoms with E-state index in [9.17, 15) is 20.2 Å². The third-order valence-corrected chi connectivity index (χ3v) is 4.52. The van der Waals surface area contributed by atoms with Crippen LogP contribution in [0.15, 0.2) is 42.5 Å². The topological polar surface area (TPSA) is 90.5 Å².